The molecule has 1 aliphatic rings. The third kappa shape index (κ3) is 2.88. The van der Waals surface area contributed by atoms with E-state index in [9.17, 15) is 8.42 Å². The van der Waals surface area contributed by atoms with Crippen LogP contribution in [0.25, 0.3) is 0 Å². The number of nitrogens with one attached hydrogen (secondary N) is 1. The zero-order valence-electron chi connectivity index (χ0n) is 10.7. The van der Waals surface area contributed by atoms with Gasteiger partial charge in [0.05, 0.1) is 5.69 Å². The summed E-state index contributed by atoms with van der Waals surface area (Å²) in [6.07, 6.45) is 3.52. The van der Waals surface area contributed by atoms with E-state index in [0.29, 0.717) is 18.2 Å². The SMILES string of the molecule is CC(C)(NS(=O)(=O)c1ccc(CN)nc1)C1CC1. The Morgan fingerprint density at radius 2 is 2.11 bits per heavy atom. The van der Waals surface area contributed by atoms with E-state index in [4.69, 9.17) is 5.73 Å². The molecule has 0 radical (unpaired) electrons. The highest BCUT2D eigenvalue weighted by molar-refractivity contribution is 7.89. The van der Waals surface area contributed by atoms with Crippen molar-refractivity contribution in [1.82, 2.24) is 9.71 Å². The largest absolute Gasteiger partial charge is 0.325 e. The first-order valence-corrected chi connectivity index (χ1v) is 7.52. The van der Waals surface area contributed by atoms with Gasteiger partial charge >= 0.3 is 0 Å². The van der Waals surface area contributed by atoms with Gasteiger partial charge in [0.25, 0.3) is 0 Å². The molecule has 1 aromatic heterocycles. The molecule has 0 aliphatic heterocycles. The number of hydrogen-bond acceptors (Lipinski definition) is 4. The standard InChI is InChI=1S/C12H19N3O2S/c1-12(2,9-3-4-9)15-18(16,17)11-6-5-10(7-13)14-8-11/h5-6,8-9,15H,3-4,7,13H2,1-2H3. The first-order chi connectivity index (χ1) is 8.35. The fraction of sp³-hybridized carbons (Fsp3) is 0.583. The van der Waals surface area contributed by atoms with Gasteiger partial charge in [0, 0.05) is 18.3 Å². The van der Waals surface area contributed by atoms with Gasteiger partial charge in [-0.1, -0.05) is 0 Å². The van der Waals surface area contributed by atoms with Crippen LogP contribution in [0.4, 0.5) is 0 Å². The molecule has 1 aromatic rings. The van der Waals surface area contributed by atoms with E-state index in [1.807, 2.05) is 13.8 Å². The predicted octanol–water partition coefficient (Wildman–Crippen LogP) is 1.01. The van der Waals surface area contributed by atoms with Crippen LogP contribution in [0.5, 0.6) is 0 Å². The van der Waals surface area contributed by atoms with Gasteiger partial charge in [-0.2, -0.15) is 0 Å². The van der Waals surface area contributed by atoms with Gasteiger partial charge in [0.1, 0.15) is 4.90 Å². The van der Waals surface area contributed by atoms with Crippen LogP contribution >= 0.6 is 0 Å². The minimum absolute atomic E-state index is 0.188. The van der Waals surface area contributed by atoms with Crippen molar-refractivity contribution in [1.29, 1.82) is 0 Å². The minimum atomic E-state index is -3.50. The number of rotatable bonds is 5. The van der Waals surface area contributed by atoms with Gasteiger partial charge in [-0.15, -0.1) is 0 Å². The molecule has 0 aromatic carbocycles. The van der Waals surface area contributed by atoms with Crippen molar-refractivity contribution < 1.29 is 8.42 Å². The molecule has 0 atom stereocenters. The first-order valence-electron chi connectivity index (χ1n) is 6.04. The molecule has 1 aliphatic carbocycles. The molecule has 0 spiro atoms. The topological polar surface area (TPSA) is 85.1 Å². The van der Waals surface area contributed by atoms with Crippen molar-refractivity contribution in [2.24, 2.45) is 11.7 Å². The molecule has 3 N–H and O–H groups in total. The Morgan fingerprint density at radius 1 is 1.44 bits per heavy atom. The predicted molar refractivity (Wildman–Crippen MR) is 69.3 cm³/mol. The minimum Gasteiger partial charge on any atom is -0.325 e. The van der Waals surface area contributed by atoms with E-state index in [0.717, 1.165) is 12.8 Å². The summed E-state index contributed by atoms with van der Waals surface area (Å²) in [7, 11) is -3.50. The number of sulfonamides is 1. The van der Waals surface area contributed by atoms with Crippen molar-refractivity contribution in [3.63, 3.8) is 0 Å². The number of nitrogens with two attached hydrogens (primary N) is 1. The Morgan fingerprint density at radius 3 is 2.56 bits per heavy atom. The molecule has 1 fully saturated rings. The van der Waals surface area contributed by atoms with Gasteiger partial charge in [-0.25, -0.2) is 13.1 Å². The van der Waals surface area contributed by atoms with Crippen LogP contribution in [0.3, 0.4) is 0 Å². The molecule has 2 rings (SSSR count). The summed E-state index contributed by atoms with van der Waals surface area (Å²) in [5, 5.41) is 0. The number of nitrogens with zero attached hydrogens (tertiary/aromatic N) is 1. The Hall–Kier alpha value is -0.980. The third-order valence-electron chi connectivity index (χ3n) is 3.31. The molecule has 5 nitrogen and oxygen atoms in total. The Labute approximate surface area is 108 Å². The van der Waals surface area contributed by atoms with Crippen molar-refractivity contribution in [2.75, 3.05) is 0 Å². The lowest BCUT2D eigenvalue weighted by molar-refractivity contribution is 0.400. The van der Waals surface area contributed by atoms with Gasteiger partial charge in [0.2, 0.25) is 10.0 Å². The summed E-state index contributed by atoms with van der Waals surface area (Å²) >= 11 is 0. The molecule has 1 saturated carbocycles. The van der Waals surface area contributed by atoms with Crippen LogP contribution < -0.4 is 10.5 Å². The maximum Gasteiger partial charge on any atom is 0.242 e. The Bertz CT molecular complexity index is 519. The summed E-state index contributed by atoms with van der Waals surface area (Å²) in [6, 6.07) is 3.18. The van der Waals surface area contributed by atoms with Crippen molar-refractivity contribution in [3.05, 3.63) is 24.0 Å². The monoisotopic (exact) mass is 269 g/mol. The number of pyridine rings is 1. The highest BCUT2D eigenvalue weighted by atomic mass is 32.2. The summed E-state index contributed by atoms with van der Waals surface area (Å²) in [4.78, 5) is 4.20. The van der Waals surface area contributed by atoms with E-state index < -0.39 is 15.6 Å². The van der Waals surface area contributed by atoms with Crippen LogP contribution in [-0.4, -0.2) is 18.9 Å². The van der Waals surface area contributed by atoms with E-state index >= 15 is 0 Å². The maximum absolute atomic E-state index is 12.2. The molecule has 0 bridgehead atoms. The Kier molecular flexibility index (Phi) is 3.44. The van der Waals surface area contributed by atoms with E-state index in [1.54, 1.807) is 12.1 Å². The number of hydrogen-bond donors (Lipinski definition) is 2. The molecular weight excluding hydrogens is 250 g/mol. The fourth-order valence-electron chi connectivity index (χ4n) is 1.98. The molecule has 100 valence electrons. The highest BCUT2D eigenvalue weighted by Crippen LogP contribution is 2.39. The van der Waals surface area contributed by atoms with Crippen molar-refractivity contribution >= 4 is 10.0 Å². The zero-order chi connectivity index (χ0) is 13.4. The van der Waals surface area contributed by atoms with Crippen LogP contribution in [-0.2, 0) is 16.6 Å². The average molecular weight is 269 g/mol. The third-order valence-corrected chi connectivity index (χ3v) is 4.97. The normalized spacial score (nSPS) is 16.8. The summed E-state index contributed by atoms with van der Waals surface area (Å²) in [5.74, 6) is 0.434. The molecule has 18 heavy (non-hydrogen) atoms. The first kappa shape index (κ1) is 13.5. The van der Waals surface area contributed by atoms with Crippen LogP contribution in [0, 0.1) is 5.92 Å². The fourth-order valence-corrected chi connectivity index (χ4v) is 3.40. The Balaban J connectivity index is 2.19. The van der Waals surface area contributed by atoms with E-state index in [1.165, 1.54) is 6.20 Å². The lowest BCUT2D eigenvalue weighted by atomic mass is 10.0. The van der Waals surface area contributed by atoms with Gasteiger partial charge < -0.3 is 5.73 Å². The average Bonchev–Trinajstić information content (AvgIpc) is 3.12. The van der Waals surface area contributed by atoms with Gasteiger partial charge in [-0.05, 0) is 44.7 Å². The summed E-state index contributed by atoms with van der Waals surface area (Å²) in [6.45, 7) is 4.15. The van der Waals surface area contributed by atoms with Crippen LogP contribution in [0.15, 0.2) is 23.2 Å². The van der Waals surface area contributed by atoms with Crippen LogP contribution in [0.2, 0.25) is 0 Å². The molecule has 0 unspecified atom stereocenters. The van der Waals surface area contributed by atoms with Crippen molar-refractivity contribution in [2.45, 2.75) is 43.7 Å². The molecule has 0 saturated heterocycles. The second-order valence-corrected chi connectivity index (χ2v) is 6.97. The quantitative estimate of drug-likeness (QED) is 0.835. The van der Waals surface area contributed by atoms with Crippen molar-refractivity contribution in [3.8, 4) is 0 Å². The molecular formula is C12H19N3O2S. The summed E-state index contributed by atoms with van der Waals surface area (Å²) < 4.78 is 27.1. The second kappa shape index (κ2) is 4.60. The highest BCUT2D eigenvalue weighted by Gasteiger charge is 2.40. The summed E-state index contributed by atoms with van der Waals surface area (Å²) in [5.41, 5.74) is 5.71. The number of aromatic nitrogens is 1. The van der Waals surface area contributed by atoms with Crippen LogP contribution in [0.1, 0.15) is 32.4 Å². The van der Waals surface area contributed by atoms with E-state index in [2.05, 4.69) is 9.71 Å². The van der Waals surface area contributed by atoms with Gasteiger partial charge in [0.15, 0.2) is 0 Å². The zero-order valence-corrected chi connectivity index (χ0v) is 11.5. The van der Waals surface area contributed by atoms with Gasteiger partial charge in [-0.3, -0.25) is 4.98 Å². The molecule has 6 heteroatoms. The lowest BCUT2D eigenvalue weighted by Crippen LogP contribution is -2.45. The molecule has 0 amide bonds. The second-order valence-electron chi connectivity index (χ2n) is 5.29. The molecule has 1 heterocycles. The smallest absolute Gasteiger partial charge is 0.242 e. The maximum atomic E-state index is 12.2. The van der Waals surface area contributed by atoms with E-state index in [-0.39, 0.29) is 4.90 Å². The lowest BCUT2D eigenvalue weighted by Gasteiger charge is -2.25.